The average molecular weight is 201 g/mol. The summed E-state index contributed by atoms with van der Waals surface area (Å²) in [5, 5.41) is 0. The number of carbonyl (C=O) groups is 1. The predicted octanol–water partition coefficient (Wildman–Crippen LogP) is 1.92. The van der Waals surface area contributed by atoms with Crippen LogP contribution in [0.15, 0.2) is 0 Å². The minimum Gasteiger partial charge on any atom is -0.462 e. The van der Waals surface area contributed by atoms with Gasteiger partial charge in [0.15, 0.2) is 0 Å². The lowest BCUT2D eigenvalue weighted by molar-refractivity contribution is -0.148. The molecule has 0 heterocycles. The summed E-state index contributed by atoms with van der Waals surface area (Å²) in [6.45, 7) is 11.4. The number of hydrogen-bond acceptors (Lipinski definition) is 3. The van der Waals surface area contributed by atoms with Crippen LogP contribution in [0.2, 0.25) is 0 Å². The first-order chi connectivity index (χ1) is 6.20. The normalized spacial score (nSPS) is 12.3. The Balaban J connectivity index is 3.83. The van der Waals surface area contributed by atoms with Gasteiger partial charge < -0.3 is 4.74 Å². The highest BCUT2D eigenvalue weighted by Crippen LogP contribution is 2.13. The van der Waals surface area contributed by atoms with E-state index in [1.807, 2.05) is 25.8 Å². The maximum absolute atomic E-state index is 11.3. The molecule has 0 aliphatic rings. The van der Waals surface area contributed by atoms with Gasteiger partial charge in [0.1, 0.15) is 0 Å². The number of esters is 1. The zero-order valence-electron chi connectivity index (χ0n) is 10.3. The van der Waals surface area contributed by atoms with Crippen LogP contribution in [0.1, 0.15) is 34.6 Å². The third-order valence-electron chi connectivity index (χ3n) is 1.51. The second kappa shape index (κ2) is 5.35. The van der Waals surface area contributed by atoms with Crippen molar-refractivity contribution in [2.24, 2.45) is 5.41 Å². The third-order valence-corrected chi connectivity index (χ3v) is 1.51. The molecule has 0 saturated heterocycles. The summed E-state index contributed by atoms with van der Waals surface area (Å²) in [6.07, 6.45) is -0.0227. The smallest absolute Gasteiger partial charge is 0.320 e. The van der Waals surface area contributed by atoms with Crippen LogP contribution in [0.25, 0.3) is 0 Å². The molecule has 0 N–H and O–H groups in total. The molecule has 0 aromatic carbocycles. The van der Waals surface area contributed by atoms with E-state index in [2.05, 4.69) is 20.8 Å². The summed E-state index contributed by atoms with van der Waals surface area (Å²) in [5.41, 5.74) is 0.215. The Morgan fingerprint density at radius 2 is 1.86 bits per heavy atom. The zero-order valence-corrected chi connectivity index (χ0v) is 10.3. The number of hydrogen-bond donors (Lipinski definition) is 0. The summed E-state index contributed by atoms with van der Waals surface area (Å²) >= 11 is 0. The van der Waals surface area contributed by atoms with Crippen LogP contribution in [-0.4, -0.2) is 37.1 Å². The van der Waals surface area contributed by atoms with E-state index in [9.17, 15) is 4.79 Å². The van der Waals surface area contributed by atoms with Gasteiger partial charge in [-0.05, 0) is 26.3 Å². The van der Waals surface area contributed by atoms with Gasteiger partial charge in [-0.3, -0.25) is 9.69 Å². The van der Waals surface area contributed by atoms with E-state index >= 15 is 0 Å². The molecule has 0 aliphatic heterocycles. The number of carbonyl (C=O) groups excluding carboxylic acids is 1. The first-order valence-corrected chi connectivity index (χ1v) is 5.09. The van der Waals surface area contributed by atoms with Gasteiger partial charge in [-0.25, -0.2) is 0 Å². The molecule has 3 nitrogen and oxygen atoms in total. The van der Waals surface area contributed by atoms with Crippen LogP contribution < -0.4 is 0 Å². The Hall–Kier alpha value is -0.570. The van der Waals surface area contributed by atoms with Gasteiger partial charge in [0.25, 0.3) is 0 Å². The fourth-order valence-electron chi connectivity index (χ4n) is 1.39. The standard InChI is InChI=1S/C11H23NO2/c1-9(2)14-10(13)7-12(6)8-11(3,4)5/h9H,7-8H2,1-6H3. The first-order valence-electron chi connectivity index (χ1n) is 5.09. The summed E-state index contributed by atoms with van der Waals surface area (Å²) in [6, 6.07) is 0. The quantitative estimate of drug-likeness (QED) is 0.651. The van der Waals surface area contributed by atoms with Gasteiger partial charge in [-0.15, -0.1) is 0 Å². The van der Waals surface area contributed by atoms with Crippen LogP contribution >= 0.6 is 0 Å². The molecule has 0 amide bonds. The van der Waals surface area contributed by atoms with Crippen molar-refractivity contribution in [3.63, 3.8) is 0 Å². The third kappa shape index (κ3) is 8.05. The van der Waals surface area contributed by atoms with Crippen LogP contribution in [-0.2, 0) is 9.53 Å². The minimum atomic E-state index is -0.147. The highest BCUT2D eigenvalue weighted by Gasteiger charge is 2.16. The Morgan fingerprint density at radius 3 is 2.21 bits per heavy atom. The van der Waals surface area contributed by atoms with E-state index in [4.69, 9.17) is 4.74 Å². The molecule has 14 heavy (non-hydrogen) atoms. The molecular weight excluding hydrogens is 178 g/mol. The van der Waals surface area contributed by atoms with Crippen molar-refractivity contribution in [1.82, 2.24) is 4.90 Å². The van der Waals surface area contributed by atoms with Crippen molar-refractivity contribution in [3.05, 3.63) is 0 Å². The zero-order chi connectivity index (χ0) is 11.4. The van der Waals surface area contributed by atoms with Crippen LogP contribution in [0.4, 0.5) is 0 Å². The molecule has 0 atom stereocenters. The summed E-state index contributed by atoms with van der Waals surface area (Å²) < 4.78 is 5.05. The first kappa shape index (κ1) is 13.4. The Morgan fingerprint density at radius 1 is 1.36 bits per heavy atom. The monoisotopic (exact) mass is 201 g/mol. The van der Waals surface area contributed by atoms with Crippen molar-refractivity contribution >= 4 is 5.97 Å². The fourth-order valence-corrected chi connectivity index (χ4v) is 1.39. The van der Waals surface area contributed by atoms with Gasteiger partial charge in [0.2, 0.25) is 0 Å². The van der Waals surface area contributed by atoms with E-state index in [1.165, 1.54) is 0 Å². The summed E-state index contributed by atoms with van der Waals surface area (Å²) in [7, 11) is 1.94. The van der Waals surface area contributed by atoms with Crippen molar-refractivity contribution < 1.29 is 9.53 Å². The number of likely N-dealkylation sites (N-methyl/N-ethyl adjacent to an activating group) is 1. The maximum atomic E-state index is 11.3. The van der Waals surface area contributed by atoms with Crippen LogP contribution in [0.5, 0.6) is 0 Å². The van der Waals surface area contributed by atoms with Crippen molar-refractivity contribution in [3.8, 4) is 0 Å². The molecule has 0 bridgehead atoms. The minimum absolute atomic E-state index is 0.0227. The molecule has 0 radical (unpaired) electrons. The van der Waals surface area contributed by atoms with Gasteiger partial charge >= 0.3 is 5.97 Å². The van der Waals surface area contributed by atoms with Crippen LogP contribution in [0.3, 0.4) is 0 Å². The van der Waals surface area contributed by atoms with Gasteiger partial charge in [0, 0.05) is 6.54 Å². The lowest BCUT2D eigenvalue weighted by atomic mass is 9.96. The molecule has 0 aliphatic carbocycles. The molecule has 0 rings (SSSR count). The maximum Gasteiger partial charge on any atom is 0.320 e. The van der Waals surface area contributed by atoms with E-state index in [0.29, 0.717) is 6.54 Å². The Kier molecular flexibility index (Phi) is 5.13. The van der Waals surface area contributed by atoms with E-state index < -0.39 is 0 Å². The van der Waals surface area contributed by atoms with Gasteiger partial charge in [0.05, 0.1) is 12.6 Å². The predicted molar refractivity (Wildman–Crippen MR) is 58.2 cm³/mol. The Bertz CT molecular complexity index is 182. The molecular formula is C11H23NO2. The SMILES string of the molecule is CC(C)OC(=O)CN(C)CC(C)(C)C. The molecule has 0 spiro atoms. The van der Waals surface area contributed by atoms with E-state index in [1.54, 1.807) is 0 Å². The number of nitrogens with zero attached hydrogens (tertiary/aromatic N) is 1. The van der Waals surface area contributed by atoms with E-state index in [-0.39, 0.29) is 17.5 Å². The van der Waals surface area contributed by atoms with Crippen molar-refractivity contribution in [2.45, 2.75) is 40.7 Å². The lowest BCUT2D eigenvalue weighted by Gasteiger charge is -2.25. The van der Waals surface area contributed by atoms with Gasteiger partial charge in [-0.1, -0.05) is 20.8 Å². The highest BCUT2D eigenvalue weighted by molar-refractivity contribution is 5.71. The topological polar surface area (TPSA) is 29.5 Å². The second-order valence-corrected chi connectivity index (χ2v) is 5.27. The summed E-state index contributed by atoms with van der Waals surface area (Å²) in [4.78, 5) is 13.3. The second-order valence-electron chi connectivity index (χ2n) is 5.27. The molecule has 0 saturated carbocycles. The molecule has 0 fully saturated rings. The molecule has 84 valence electrons. The molecule has 3 heteroatoms. The molecule has 0 aromatic rings. The Labute approximate surface area is 87.4 Å². The number of rotatable bonds is 4. The summed E-state index contributed by atoms with van der Waals surface area (Å²) in [5.74, 6) is -0.147. The van der Waals surface area contributed by atoms with Crippen LogP contribution in [0, 0.1) is 5.41 Å². The van der Waals surface area contributed by atoms with Gasteiger partial charge in [-0.2, -0.15) is 0 Å². The lowest BCUT2D eigenvalue weighted by Crippen LogP contribution is -2.34. The highest BCUT2D eigenvalue weighted by atomic mass is 16.5. The number of ether oxygens (including phenoxy) is 1. The van der Waals surface area contributed by atoms with Crippen molar-refractivity contribution in [1.29, 1.82) is 0 Å². The van der Waals surface area contributed by atoms with E-state index in [0.717, 1.165) is 6.54 Å². The average Bonchev–Trinajstić information content (AvgIpc) is 1.77. The molecule has 0 aromatic heterocycles. The largest absolute Gasteiger partial charge is 0.462 e. The van der Waals surface area contributed by atoms with Crippen molar-refractivity contribution in [2.75, 3.05) is 20.1 Å². The fraction of sp³-hybridized carbons (Fsp3) is 0.909. The molecule has 0 unspecified atom stereocenters.